The van der Waals surface area contributed by atoms with Crippen molar-refractivity contribution in [3.8, 4) is 11.1 Å². The van der Waals surface area contributed by atoms with E-state index in [1.165, 1.54) is 0 Å². The van der Waals surface area contributed by atoms with Gasteiger partial charge in [-0.15, -0.1) is 0 Å². The molecule has 6 nitrogen and oxygen atoms in total. The summed E-state index contributed by atoms with van der Waals surface area (Å²) in [6, 6.07) is 10.3. The van der Waals surface area contributed by atoms with Crippen LogP contribution in [0.3, 0.4) is 0 Å². The zero-order chi connectivity index (χ0) is 19.5. The van der Waals surface area contributed by atoms with E-state index in [1.807, 2.05) is 18.3 Å². The van der Waals surface area contributed by atoms with Gasteiger partial charge in [-0.1, -0.05) is 25.1 Å². The molecular formula is C22H26N6. The maximum absolute atomic E-state index is 6.32. The van der Waals surface area contributed by atoms with Crippen LogP contribution in [0, 0.1) is 0 Å². The first kappa shape index (κ1) is 18.4. The number of pyridine rings is 2. The Morgan fingerprint density at radius 3 is 2.71 bits per heavy atom. The van der Waals surface area contributed by atoms with Gasteiger partial charge in [-0.2, -0.15) is 0 Å². The summed E-state index contributed by atoms with van der Waals surface area (Å²) in [5, 5.41) is 1.08. The molecule has 0 aliphatic carbocycles. The highest BCUT2D eigenvalue weighted by Crippen LogP contribution is 2.32. The van der Waals surface area contributed by atoms with Crippen molar-refractivity contribution in [1.29, 1.82) is 0 Å². The third-order valence-corrected chi connectivity index (χ3v) is 5.09. The molecule has 4 aromatic rings. The lowest BCUT2D eigenvalue weighted by Crippen LogP contribution is -2.07. The number of benzene rings is 1. The van der Waals surface area contributed by atoms with Crippen molar-refractivity contribution in [3.63, 3.8) is 0 Å². The zero-order valence-corrected chi connectivity index (χ0v) is 16.2. The lowest BCUT2D eigenvalue weighted by atomic mass is 10.0. The van der Waals surface area contributed by atoms with Gasteiger partial charge in [0.2, 0.25) is 0 Å². The van der Waals surface area contributed by atoms with E-state index < -0.39 is 0 Å². The summed E-state index contributed by atoms with van der Waals surface area (Å²) >= 11 is 0. The maximum atomic E-state index is 6.32. The van der Waals surface area contributed by atoms with Crippen LogP contribution in [0.1, 0.15) is 32.0 Å². The molecule has 144 valence electrons. The monoisotopic (exact) mass is 374 g/mol. The van der Waals surface area contributed by atoms with Crippen LogP contribution in [0.2, 0.25) is 0 Å². The molecule has 0 bridgehead atoms. The molecule has 1 aromatic carbocycles. The molecule has 0 spiro atoms. The van der Waals surface area contributed by atoms with E-state index in [1.54, 1.807) is 6.20 Å². The van der Waals surface area contributed by atoms with E-state index >= 15 is 0 Å². The van der Waals surface area contributed by atoms with Gasteiger partial charge in [0.05, 0.1) is 11.0 Å². The summed E-state index contributed by atoms with van der Waals surface area (Å²) in [6.07, 6.45) is 7.62. The molecule has 0 radical (unpaired) electrons. The number of anilines is 1. The topological polar surface area (TPSA) is 95.6 Å². The van der Waals surface area contributed by atoms with Crippen molar-refractivity contribution in [2.75, 3.05) is 12.3 Å². The molecule has 4 N–H and O–H groups in total. The van der Waals surface area contributed by atoms with E-state index in [-0.39, 0.29) is 0 Å². The highest BCUT2D eigenvalue weighted by molar-refractivity contribution is 6.07. The summed E-state index contributed by atoms with van der Waals surface area (Å²) < 4.78 is 2.32. The van der Waals surface area contributed by atoms with E-state index in [9.17, 15) is 0 Å². The highest BCUT2D eigenvalue weighted by Gasteiger charge is 2.17. The first-order valence-electron chi connectivity index (χ1n) is 9.91. The summed E-state index contributed by atoms with van der Waals surface area (Å²) in [6.45, 7) is 3.77. The van der Waals surface area contributed by atoms with Crippen LogP contribution >= 0.6 is 0 Å². The second-order valence-corrected chi connectivity index (χ2v) is 7.09. The first-order valence-corrected chi connectivity index (χ1v) is 9.91. The Bertz CT molecular complexity index is 1100. The van der Waals surface area contributed by atoms with E-state index in [2.05, 4.69) is 39.7 Å². The molecule has 4 rings (SSSR count). The van der Waals surface area contributed by atoms with Gasteiger partial charge >= 0.3 is 0 Å². The first-order chi connectivity index (χ1) is 13.7. The van der Waals surface area contributed by atoms with E-state index in [4.69, 9.17) is 16.5 Å². The van der Waals surface area contributed by atoms with Crippen molar-refractivity contribution in [2.24, 2.45) is 5.73 Å². The SMILES string of the molecule is CCCc1nc2c(N)nc3cc(-c4cccnc4)ccc3c2n1CCCCN. The average molecular weight is 374 g/mol. The largest absolute Gasteiger partial charge is 0.382 e. The molecule has 28 heavy (non-hydrogen) atoms. The lowest BCUT2D eigenvalue weighted by Gasteiger charge is -2.11. The van der Waals surface area contributed by atoms with Crippen LogP contribution in [-0.2, 0) is 13.0 Å². The third-order valence-electron chi connectivity index (χ3n) is 5.09. The van der Waals surface area contributed by atoms with Crippen molar-refractivity contribution in [1.82, 2.24) is 19.5 Å². The van der Waals surface area contributed by atoms with Crippen LogP contribution in [0.15, 0.2) is 42.7 Å². The second kappa shape index (κ2) is 7.94. The molecular weight excluding hydrogens is 348 g/mol. The van der Waals surface area contributed by atoms with E-state index in [0.29, 0.717) is 12.4 Å². The fraction of sp³-hybridized carbons (Fsp3) is 0.318. The van der Waals surface area contributed by atoms with Crippen LogP contribution in [-0.4, -0.2) is 26.1 Å². The molecule has 0 aliphatic heterocycles. The van der Waals surface area contributed by atoms with Crippen LogP contribution in [0.5, 0.6) is 0 Å². The Kier molecular flexibility index (Phi) is 5.21. The number of nitrogens with two attached hydrogens (primary N) is 2. The van der Waals surface area contributed by atoms with Gasteiger partial charge in [0, 0.05) is 36.3 Å². The standard InChI is InChI=1S/C22H26N6/c1-2-6-19-27-20-21(28(19)12-4-3-10-23)17-9-8-15(13-18(17)26-22(20)24)16-7-5-11-25-14-16/h5,7-9,11,13-14H,2-4,6,10,12,23H2,1H3,(H2,24,26). The summed E-state index contributed by atoms with van der Waals surface area (Å²) in [4.78, 5) is 13.7. The number of fused-ring (bicyclic) bond motifs is 3. The Balaban J connectivity index is 1.91. The highest BCUT2D eigenvalue weighted by atomic mass is 15.1. The summed E-state index contributed by atoms with van der Waals surface area (Å²) in [5.74, 6) is 1.56. The molecule has 3 heterocycles. The summed E-state index contributed by atoms with van der Waals surface area (Å²) in [5.41, 5.74) is 16.9. The van der Waals surface area contributed by atoms with Crippen molar-refractivity contribution in [2.45, 2.75) is 39.2 Å². The molecule has 0 aliphatic rings. The van der Waals surface area contributed by atoms with Crippen LogP contribution < -0.4 is 11.5 Å². The van der Waals surface area contributed by atoms with Gasteiger partial charge in [0.25, 0.3) is 0 Å². The van der Waals surface area contributed by atoms with Gasteiger partial charge in [-0.05, 0) is 43.5 Å². The average Bonchev–Trinajstić information content (AvgIpc) is 3.08. The van der Waals surface area contributed by atoms with Crippen molar-refractivity contribution in [3.05, 3.63) is 48.5 Å². The van der Waals surface area contributed by atoms with Crippen LogP contribution in [0.4, 0.5) is 5.82 Å². The zero-order valence-electron chi connectivity index (χ0n) is 16.2. The summed E-state index contributed by atoms with van der Waals surface area (Å²) in [7, 11) is 0. The number of hydrogen-bond donors (Lipinski definition) is 2. The minimum absolute atomic E-state index is 0.487. The van der Waals surface area contributed by atoms with Crippen molar-refractivity contribution < 1.29 is 0 Å². The van der Waals surface area contributed by atoms with E-state index in [0.717, 1.165) is 71.1 Å². The Hall–Kier alpha value is -2.99. The molecule has 0 saturated carbocycles. The van der Waals surface area contributed by atoms with Crippen molar-refractivity contribution >= 4 is 27.8 Å². The molecule has 0 amide bonds. The molecule has 0 atom stereocenters. The predicted octanol–water partition coefficient (Wildman–Crippen LogP) is 3.92. The number of imidazole rings is 1. The van der Waals surface area contributed by atoms with Gasteiger partial charge in [-0.3, -0.25) is 4.98 Å². The maximum Gasteiger partial charge on any atom is 0.152 e. The third kappa shape index (κ3) is 3.31. The number of aromatic nitrogens is 4. The molecule has 0 saturated heterocycles. The fourth-order valence-electron chi connectivity index (χ4n) is 3.74. The predicted molar refractivity (Wildman–Crippen MR) is 115 cm³/mol. The smallest absolute Gasteiger partial charge is 0.152 e. The number of nitrogens with zero attached hydrogens (tertiary/aromatic N) is 4. The Morgan fingerprint density at radius 2 is 1.96 bits per heavy atom. The van der Waals surface area contributed by atoms with Gasteiger partial charge in [-0.25, -0.2) is 9.97 Å². The Labute approximate surface area is 164 Å². The van der Waals surface area contributed by atoms with Gasteiger partial charge < -0.3 is 16.0 Å². The number of nitrogen functional groups attached to an aromatic ring is 1. The molecule has 3 aromatic heterocycles. The minimum atomic E-state index is 0.487. The molecule has 0 fully saturated rings. The van der Waals surface area contributed by atoms with Gasteiger partial charge in [0.15, 0.2) is 5.82 Å². The number of aryl methyl sites for hydroxylation is 2. The fourth-order valence-corrected chi connectivity index (χ4v) is 3.74. The quantitative estimate of drug-likeness (QED) is 0.478. The van der Waals surface area contributed by atoms with Crippen LogP contribution in [0.25, 0.3) is 33.1 Å². The van der Waals surface area contributed by atoms with Gasteiger partial charge in [0.1, 0.15) is 11.3 Å². The number of rotatable bonds is 7. The normalized spacial score (nSPS) is 11.5. The lowest BCUT2D eigenvalue weighted by molar-refractivity contribution is 0.599. The number of hydrogen-bond acceptors (Lipinski definition) is 5. The Morgan fingerprint density at radius 1 is 1.07 bits per heavy atom. The number of unbranched alkanes of at least 4 members (excludes halogenated alkanes) is 1. The second-order valence-electron chi connectivity index (χ2n) is 7.09. The molecule has 6 heteroatoms. The minimum Gasteiger partial charge on any atom is -0.382 e. The molecule has 0 unspecified atom stereocenters.